The van der Waals surface area contributed by atoms with Gasteiger partial charge in [0.15, 0.2) is 5.96 Å². The predicted octanol–water partition coefficient (Wildman–Crippen LogP) is 3.41. The number of hydrogen-bond donors (Lipinski definition) is 2. The molecule has 2 aromatic carbocycles. The lowest BCUT2D eigenvalue weighted by atomic mass is 10.2. The molecule has 0 aliphatic carbocycles. The molecule has 2 aromatic rings. The topological polar surface area (TPSA) is 59.6 Å². The Balaban J connectivity index is 2.00. The predicted molar refractivity (Wildman–Crippen MR) is 83.4 cm³/mol. The van der Waals surface area contributed by atoms with Crippen molar-refractivity contribution < 1.29 is 9.13 Å². The molecule has 0 saturated heterocycles. The van der Waals surface area contributed by atoms with Crippen LogP contribution in [0.25, 0.3) is 0 Å². The van der Waals surface area contributed by atoms with E-state index >= 15 is 0 Å². The van der Waals surface area contributed by atoms with Crippen molar-refractivity contribution in [3.63, 3.8) is 0 Å². The van der Waals surface area contributed by atoms with E-state index in [4.69, 9.17) is 22.1 Å². The highest BCUT2D eigenvalue weighted by molar-refractivity contribution is 6.32. The number of nitrogens with one attached hydrogen (secondary N) is 1. The minimum absolute atomic E-state index is 0.251. The number of anilines is 1. The van der Waals surface area contributed by atoms with Crippen LogP contribution < -0.4 is 15.8 Å². The molecular formula is C15H15ClFN3O. The molecule has 6 heteroatoms. The van der Waals surface area contributed by atoms with Crippen LogP contribution in [-0.2, 0) is 6.54 Å². The van der Waals surface area contributed by atoms with E-state index in [0.29, 0.717) is 23.0 Å². The van der Waals surface area contributed by atoms with Crippen LogP contribution in [0.2, 0.25) is 5.02 Å². The standard InChI is InChI=1S/C15H15ClFN3O/c1-21-14-7-6-12(8-13(14)16)20-15(18)19-9-10-2-4-11(17)5-3-10/h2-8H,9H2,1H3,(H3,18,19,20). The number of methoxy groups -OCH3 is 1. The van der Waals surface area contributed by atoms with Gasteiger partial charge in [0.1, 0.15) is 11.6 Å². The first-order valence-electron chi connectivity index (χ1n) is 6.23. The number of nitrogens with zero attached hydrogens (tertiary/aromatic N) is 1. The van der Waals surface area contributed by atoms with Crippen LogP contribution in [0.15, 0.2) is 47.5 Å². The van der Waals surface area contributed by atoms with Gasteiger partial charge in [-0.1, -0.05) is 23.7 Å². The number of nitrogens with two attached hydrogens (primary N) is 1. The Morgan fingerprint density at radius 2 is 2.00 bits per heavy atom. The van der Waals surface area contributed by atoms with E-state index in [-0.39, 0.29) is 11.8 Å². The number of hydrogen-bond acceptors (Lipinski definition) is 2. The molecule has 0 radical (unpaired) electrons. The Labute approximate surface area is 127 Å². The van der Waals surface area contributed by atoms with Crippen LogP contribution in [0.4, 0.5) is 10.1 Å². The van der Waals surface area contributed by atoms with Crippen molar-refractivity contribution in [3.8, 4) is 5.75 Å². The van der Waals surface area contributed by atoms with Gasteiger partial charge in [0, 0.05) is 5.69 Å². The molecule has 21 heavy (non-hydrogen) atoms. The third-order valence-corrected chi connectivity index (χ3v) is 3.06. The van der Waals surface area contributed by atoms with Gasteiger partial charge in [-0.3, -0.25) is 0 Å². The molecule has 0 aliphatic heterocycles. The summed E-state index contributed by atoms with van der Waals surface area (Å²) in [6.07, 6.45) is 0. The molecule has 0 aromatic heterocycles. The van der Waals surface area contributed by atoms with Crippen molar-refractivity contribution in [3.05, 3.63) is 58.9 Å². The lowest BCUT2D eigenvalue weighted by Crippen LogP contribution is -2.22. The lowest BCUT2D eigenvalue weighted by Gasteiger charge is -2.08. The van der Waals surface area contributed by atoms with Gasteiger partial charge in [0.05, 0.1) is 18.7 Å². The number of rotatable bonds is 4. The molecule has 0 saturated carbocycles. The number of aliphatic imine (C=N–C) groups is 1. The molecular weight excluding hydrogens is 293 g/mol. The monoisotopic (exact) mass is 307 g/mol. The van der Waals surface area contributed by atoms with Gasteiger partial charge < -0.3 is 15.8 Å². The van der Waals surface area contributed by atoms with E-state index in [1.807, 2.05) is 0 Å². The summed E-state index contributed by atoms with van der Waals surface area (Å²) in [5, 5.41) is 3.41. The normalized spacial score (nSPS) is 11.3. The first kappa shape index (κ1) is 15.1. The average Bonchev–Trinajstić information content (AvgIpc) is 2.47. The second-order valence-corrected chi connectivity index (χ2v) is 4.71. The average molecular weight is 308 g/mol. The van der Waals surface area contributed by atoms with Crippen LogP contribution >= 0.6 is 11.6 Å². The van der Waals surface area contributed by atoms with Crippen LogP contribution in [0.5, 0.6) is 5.75 Å². The van der Waals surface area contributed by atoms with Crippen molar-refractivity contribution in [2.45, 2.75) is 6.54 Å². The molecule has 0 bridgehead atoms. The molecule has 0 atom stereocenters. The molecule has 0 spiro atoms. The van der Waals surface area contributed by atoms with E-state index in [0.717, 1.165) is 5.56 Å². The number of halogens is 2. The lowest BCUT2D eigenvalue weighted by molar-refractivity contribution is 0.415. The molecule has 0 aliphatic rings. The molecule has 110 valence electrons. The van der Waals surface area contributed by atoms with Crippen molar-refractivity contribution in [2.75, 3.05) is 12.4 Å². The fourth-order valence-electron chi connectivity index (χ4n) is 1.70. The minimum atomic E-state index is -0.276. The van der Waals surface area contributed by atoms with Gasteiger partial charge in [-0.25, -0.2) is 9.38 Å². The number of guanidine groups is 1. The van der Waals surface area contributed by atoms with Gasteiger partial charge in [-0.2, -0.15) is 0 Å². The highest BCUT2D eigenvalue weighted by Gasteiger charge is 2.02. The van der Waals surface area contributed by atoms with E-state index in [1.165, 1.54) is 12.1 Å². The Bertz CT molecular complexity index is 644. The van der Waals surface area contributed by atoms with Crippen LogP contribution in [0, 0.1) is 5.82 Å². The number of benzene rings is 2. The first-order valence-corrected chi connectivity index (χ1v) is 6.61. The van der Waals surface area contributed by atoms with Gasteiger partial charge in [0.2, 0.25) is 0 Å². The van der Waals surface area contributed by atoms with Gasteiger partial charge in [-0.05, 0) is 35.9 Å². The van der Waals surface area contributed by atoms with Gasteiger partial charge in [0.25, 0.3) is 0 Å². The number of ether oxygens (including phenoxy) is 1. The maximum Gasteiger partial charge on any atom is 0.193 e. The van der Waals surface area contributed by atoms with Gasteiger partial charge in [-0.15, -0.1) is 0 Å². The first-order chi connectivity index (χ1) is 10.1. The smallest absolute Gasteiger partial charge is 0.193 e. The third-order valence-electron chi connectivity index (χ3n) is 2.77. The Hall–Kier alpha value is -2.27. The summed E-state index contributed by atoms with van der Waals surface area (Å²) < 4.78 is 17.8. The van der Waals surface area contributed by atoms with Gasteiger partial charge >= 0.3 is 0 Å². The maximum atomic E-state index is 12.8. The maximum absolute atomic E-state index is 12.8. The van der Waals surface area contributed by atoms with Crippen LogP contribution in [0.1, 0.15) is 5.56 Å². The summed E-state index contributed by atoms with van der Waals surface area (Å²) in [5.74, 6) is 0.561. The fourth-order valence-corrected chi connectivity index (χ4v) is 1.96. The molecule has 2 rings (SSSR count). The van der Waals surface area contributed by atoms with Crippen LogP contribution in [-0.4, -0.2) is 13.1 Å². The summed E-state index contributed by atoms with van der Waals surface area (Å²) >= 11 is 6.02. The molecule has 4 nitrogen and oxygen atoms in total. The molecule has 3 N–H and O–H groups in total. The Kier molecular flexibility index (Phi) is 5.00. The third kappa shape index (κ3) is 4.36. The van der Waals surface area contributed by atoms with E-state index in [2.05, 4.69) is 10.3 Å². The zero-order valence-corrected chi connectivity index (χ0v) is 12.2. The van der Waals surface area contributed by atoms with Crippen LogP contribution in [0.3, 0.4) is 0 Å². The van der Waals surface area contributed by atoms with Crippen molar-refractivity contribution in [2.24, 2.45) is 10.7 Å². The largest absolute Gasteiger partial charge is 0.495 e. The molecule has 0 fully saturated rings. The van der Waals surface area contributed by atoms with Crippen molar-refractivity contribution in [1.82, 2.24) is 0 Å². The summed E-state index contributed by atoms with van der Waals surface area (Å²) in [5.41, 5.74) is 7.37. The molecule has 0 unspecified atom stereocenters. The summed E-state index contributed by atoms with van der Waals surface area (Å²) in [4.78, 5) is 4.18. The van der Waals surface area contributed by atoms with E-state index in [1.54, 1.807) is 37.4 Å². The van der Waals surface area contributed by atoms with Crippen molar-refractivity contribution >= 4 is 23.2 Å². The van der Waals surface area contributed by atoms with E-state index in [9.17, 15) is 4.39 Å². The second kappa shape index (κ2) is 6.95. The molecule has 0 amide bonds. The summed E-state index contributed by atoms with van der Waals surface area (Å²) in [7, 11) is 1.55. The highest BCUT2D eigenvalue weighted by Crippen LogP contribution is 2.27. The summed E-state index contributed by atoms with van der Waals surface area (Å²) in [6, 6.07) is 11.3. The summed E-state index contributed by atoms with van der Waals surface area (Å²) in [6.45, 7) is 0.364. The zero-order chi connectivity index (χ0) is 15.2. The fraction of sp³-hybridized carbons (Fsp3) is 0.133. The SMILES string of the molecule is COc1ccc(NC(N)=NCc2ccc(F)cc2)cc1Cl. The Morgan fingerprint density at radius 3 is 2.62 bits per heavy atom. The highest BCUT2D eigenvalue weighted by atomic mass is 35.5. The Morgan fingerprint density at radius 1 is 1.29 bits per heavy atom. The second-order valence-electron chi connectivity index (χ2n) is 4.30. The minimum Gasteiger partial charge on any atom is -0.495 e. The molecule has 0 heterocycles. The zero-order valence-electron chi connectivity index (χ0n) is 11.4. The quantitative estimate of drug-likeness (QED) is 0.672. The van der Waals surface area contributed by atoms with Crippen molar-refractivity contribution in [1.29, 1.82) is 0 Å². The van der Waals surface area contributed by atoms with E-state index < -0.39 is 0 Å².